The lowest BCUT2D eigenvalue weighted by molar-refractivity contribution is -0.155. The molecular weight excluding hydrogens is 352 g/mol. The Hall–Kier alpha value is -2.67. The third-order valence-corrected chi connectivity index (χ3v) is 4.61. The molecule has 27 heavy (non-hydrogen) atoms. The lowest BCUT2D eigenvalue weighted by Crippen LogP contribution is -2.44. The van der Waals surface area contributed by atoms with Gasteiger partial charge in [-0.15, -0.1) is 0 Å². The fourth-order valence-electron chi connectivity index (χ4n) is 3.13. The molecule has 7 heteroatoms. The van der Waals surface area contributed by atoms with Crippen molar-refractivity contribution < 1.29 is 33.7 Å². The number of aliphatic hydroxyl groups is 1. The minimum Gasteiger partial charge on any atom is -0.466 e. The Labute approximate surface area is 158 Å². The summed E-state index contributed by atoms with van der Waals surface area (Å²) >= 11 is 0. The molecule has 0 aromatic heterocycles. The monoisotopic (exact) mass is 376 g/mol. The van der Waals surface area contributed by atoms with Crippen molar-refractivity contribution in [1.29, 1.82) is 0 Å². The Morgan fingerprint density at radius 2 is 2.04 bits per heavy atom. The van der Waals surface area contributed by atoms with Crippen LogP contribution in [-0.4, -0.2) is 48.4 Å². The van der Waals surface area contributed by atoms with Crippen molar-refractivity contribution in [3.05, 3.63) is 47.6 Å². The minimum absolute atomic E-state index is 0.0439. The first-order valence-electron chi connectivity index (χ1n) is 8.57. The van der Waals surface area contributed by atoms with Crippen LogP contribution in [0, 0.1) is 5.92 Å². The van der Waals surface area contributed by atoms with Gasteiger partial charge in [0, 0.05) is 11.1 Å². The summed E-state index contributed by atoms with van der Waals surface area (Å²) in [5.41, 5.74) is 1.06. The van der Waals surface area contributed by atoms with E-state index in [9.17, 15) is 19.5 Å². The number of allylic oxidation sites excluding steroid dienone is 2. The maximum Gasteiger partial charge on any atom is 0.336 e. The third-order valence-electron chi connectivity index (χ3n) is 4.61. The maximum atomic E-state index is 12.2. The molecule has 0 amide bonds. The van der Waals surface area contributed by atoms with E-state index in [-0.39, 0.29) is 16.7 Å². The van der Waals surface area contributed by atoms with Crippen LogP contribution in [0.5, 0.6) is 0 Å². The second kappa shape index (κ2) is 8.35. The predicted octanol–water partition coefficient (Wildman–Crippen LogP) is 1.77. The summed E-state index contributed by atoms with van der Waals surface area (Å²) in [5, 5.41) is 10.9. The van der Waals surface area contributed by atoms with Gasteiger partial charge < -0.3 is 19.3 Å². The van der Waals surface area contributed by atoms with E-state index < -0.39 is 42.1 Å². The molecule has 2 aliphatic rings. The van der Waals surface area contributed by atoms with E-state index >= 15 is 0 Å². The summed E-state index contributed by atoms with van der Waals surface area (Å²) in [5.74, 6) is -2.99. The number of hydrogen-bond donors (Lipinski definition) is 1. The van der Waals surface area contributed by atoms with E-state index in [2.05, 4.69) is 13.2 Å². The van der Waals surface area contributed by atoms with Gasteiger partial charge in [0.1, 0.15) is 18.3 Å². The highest BCUT2D eigenvalue weighted by molar-refractivity contribution is 5.93. The number of carbonyl (C=O) groups is 3. The summed E-state index contributed by atoms with van der Waals surface area (Å²) in [6.45, 7) is 10.6. The lowest BCUT2D eigenvalue weighted by Gasteiger charge is -2.31. The van der Waals surface area contributed by atoms with Gasteiger partial charge in [-0.2, -0.15) is 0 Å². The molecule has 1 aliphatic heterocycles. The average molecular weight is 376 g/mol. The predicted molar refractivity (Wildman–Crippen MR) is 96.3 cm³/mol. The number of fused-ring (bicyclic) bond motifs is 1. The van der Waals surface area contributed by atoms with Crippen LogP contribution >= 0.6 is 0 Å². The van der Waals surface area contributed by atoms with E-state index in [1.165, 1.54) is 14.0 Å². The first-order chi connectivity index (χ1) is 12.7. The molecule has 1 N–H and O–H groups in total. The molecule has 146 valence electrons. The molecular formula is C20H24O7. The molecule has 0 bridgehead atoms. The second-order valence-electron chi connectivity index (χ2n) is 6.72. The first kappa shape index (κ1) is 20.6. The van der Waals surface area contributed by atoms with Crippen LogP contribution in [0.1, 0.15) is 26.7 Å². The van der Waals surface area contributed by atoms with Crippen LogP contribution in [0.3, 0.4) is 0 Å². The number of esters is 3. The summed E-state index contributed by atoms with van der Waals surface area (Å²) in [6, 6.07) is 0. The number of carbonyl (C=O) groups excluding carboxylic acids is 3. The lowest BCUT2D eigenvalue weighted by atomic mass is 9.83. The van der Waals surface area contributed by atoms with Crippen LogP contribution in [0.15, 0.2) is 47.6 Å². The van der Waals surface area contributed by atoms with Crippen molar-refractivity contribution in [2.45, 2.75) is 45.0 Å². The van der Waals surface area contributed by atoms with E-state index in [4.69, 9.17) is 14.2 Å². The fraction of sp³-hybridized carbons (Fsp3) is 0.450. The number of aliphatic hydroxyl groups excluding tert-OH is 1. The Balaban J connectivity index is 2.56. The van der Waals surface area contributed by atoms with Crippen LogP contribution in [0.4, 0.5) is 0 Å². The molecule has 0 saturated carbocycles. The molecule has 0 spiro atoms. The Morgan fingerprint density at radius 3 is 2.63 bits per heavy atom. The topological polar surface area (TPSA) is 99.1 Å². The highest BCUT2D eigenvalue weighted by atomic mass is 16.6. The zero-order chi connectivity index (χ0) is 20.3. The zero-order valence-corrected chi connectivity index (χ0v) is 15.7. The summed E-state index contributed by atoms with van der Waals surface area (Å²) in [4.78, 5) is 36.4. The standard InChI is InChI=1S/C20H24O7/c1-10(2)18(22)27-17-15-12(4)19(23)26-14(15)9-11(3)7-6-8-13(16(17)21)20(24)25-5/h8-9,14-17,21H,1,4,6-7H2,2-3,5H3/b11-9+,13-8+/t14-,15+,16+,17+/m1/s1. The van der Waals surface area contributed by atoms with Crippen molar-refractivity contribution in [3.63, 3.8) is 0 Å². The van der Waals surface area contributed by atoms with Gasteiger partial charge in [-0.3, -0.25) is 0 Å². The molecule has 0 aromatic rings. The van der Waals surface area contributed by atoms with Crippen LogP contribution in [0.25, 0.3) is 0 Å². The first-order valence-corrected chi connectivity index (χ1v) is 8.57. The second-order valence-corrected chi connectivity index (χ2v) is 6.72. The Morgan fingerprint density at radius 1 is 1.37 bits per heavy atom. The molecule has 1 fully saturated rings. The number of ether oxygens (including phenoxy) is 3. The van der Waals surface area contributed by atoms with Gasteiger partial charge in [0.2, 0.25) is 0 Å². The van der Waals surface area contributed by atoms with Crippen molar-refractivity contribution >= 4 is 17.9 Å². The van der Waals surface area contributed by atoms with Crippen molar-refractivity contribution in [2.24, 2.45) is 5.92 Å². The molecule has 2 rings (SSSR count). The summed E-state index contributed by atoms with van der Waals surface area (Å²) in [7, 11) is 1.19. The van der Waals surface area contributed by atoms with E-state index in [1.807, 2.05) is 6.92 Å². The van der Waals surface area contributed by atoms with E-state index in [1.54, 1.807) is 12.2 Å². The number of methoxy groups -OCH3 is 1. The molecule has 0 radical (unpaired) electrons. The molecule has 1 saturated heterocycles. The zero-order valence-electron chi connectivity index (χ0n) is 15.7. The van der Waals surface area contributed by atoms with Gasteiger partial charge in [0.05, 0.1) is 18.6 Å². The van der Waals surface area contributed by atoms with Gasteiger partial charge in [0.25, 0.3) is 0 Å². The fourth-order valence-corrected chi connectivity index (χ4v) is 3.13. The summed E-state index contributed by atoms with van der Waals surface area (Å²) in [6.07, 6.45) is 0.799. The third kappa shape index (κ3) is 4.36. The quantitative estimate of drug-likeness (QED) is 0.347. The van der Waals surface area contributed by atoms with Gasteiger partial charge in [-0.1, -0.05) is 24.8 Å². The smallest absolute Gasteiger partial charge is 0.336 e. The molecule has 7 nitrogen and oxygen atoms in total. The average Bonchev–Trinajstić information content (AvgIpc) is 2.88. The Kier molecular flexibility index (Phi) is 6.38. The van der Waals surface area contributed by atoms with Gasteiger partial charge in [0.15, 0.2) is 0 Å². The highest BCUT2D eigenvalue weighted by Crippen LogP contribution is 2.36. The molecule has 1 aliphatic carbocycles. The van der Waals surface area contributed by atoms with Gasteiger partial charge >= 0.3 is 17.9 Å². The van der Waals surface area contributed by atoms with Crippen molar-refractivity contribution in [1.82, 2.24) is 0 Å². The number of rotatable bonds is 3. The van der Waals surface area contributed by atoms with E-state index in [0.717, 1.165) is 5.57 Å². The van der Waals surface area contributed by atoms with Gasteiger partial charge in [-0.25, -0.2) is 14.4 Å². The SMILES string of the molecule is C=C(C)C(=O)O[C@H]1[C@H]2C(=C)C(=O)O[C@@H]2/C=C(\C)CC/C=C(/C(=O)OC)[C@@H]1O. The molecule has 0 unspecified atom stereocenters. The highest BCUT2D eigenvalue weighted by Gasteiger charge is 2.48. The maximum absolute atomic E-state index is 12.2. The minimum atomic E-state index is -1.52. The number of hydrogen-bond acceptors (Lipinski definition) is 7. The molecule has 0 aromatic carbocycles. The normalized spacial score (nSPS) is 32.1. The largest absolute Gasteiger partial charge is 0.466 e. The van der Waals surface area contributed by atoms with Gasteiger partial charge in [-0.05, 0) is 32.8 Å². The van der Waals surface area contributed by atoms with Crippen LogP contribution in [0.2, 0.25) is 0 Å². The van der Waals surface area contributed by atoms with Crippen molar-refractivity contribution in [2.75, 3.05) is 7.11 Å². The molecule has 1 heterocycles. The summed E-state index contributed by atoms with van der Waals surface area (Å²) < 4.78 is 15.5. The van der Waals surface area contributed by atoms with Crippen LogP contribution in [-0.2, 0) is 28.6 Å². The van der Waals surface area contributed by atoms with Crippen LogP contribution < -0.4 is 0 Å². The van der Waals surface area contributed by atoms with Crippen molar-refractivity contribution in [3.8, 4) is 0 Å². The Bertz CT molecular complexity index is 743. The molecule has 4 atom stereocenters. The van der Waals surface area contributed by atoms with E-state index in [0.29, 0.717) is 12.8 Å².